The first-order chi connectivity index (χ1) is 11.7. The monoisotopic (exact) mass is 330 g/mol. The third-order valence-corrected chi connectivity index (χ3v) is 3.94. The summed E-state index contributed by atoms with van der Waals surface area (Å²) in [7, 11) is 1.90. The van der Waals surface area contributed by atoms with Gasteiger partial charge in [0.05, 0.1) is 17.8 Å². The molecule has 1 amide bonds. The van der Waals surface area contributed by atoms with Gasteiger partial charge in [-0.25, -0.2) is 14.4 Å². The van der Waals surface area contributed by atoms with E-state index in [4.69, 9.17) is 5.73 Å². The number of rotatable bonds is 5. The zero-order valence-corrected chi connectivity index (χ0v) is 13.4. The van der Waals surface area contributed by atoms with Crippen LogP contribution in [0.1, 0.15) is 16.1 Å². The first-order valence-corrected chi connectivity index (χ1v) is 7.75. The smallest absolute Gasteiger partial charge is 0.253 e. The number of amides is 1. The van der Waals surface area contributed by atoms with Crippen molar-refractivity contribution in [1.82, 2.24) is 14.9 Å². The Hall–Kier alpha value is -2.61. The molecule has 0 saturated carbocycles. The third-order valence-electron chi connectivity index (χ3n) is 3.94. The first kappa shape index (κ1) is 16.3. The van der Waals surface area contributed by atoms with Crippen LogP contribution in [0, 0.1) is 0 Å². The van der Waals surface area contributed by atoms with Crippen molar-refractivity contribution in [2.75, 3.05) is 26.3 Å². The molecule has 1 aliphatic heterocycles. The molecule has 126 valence electrons. The molecule has 0 spiro atoms. The van der Waals surface area contributed by atoms with Crippen molar-refractivity contribution in [3.8, 4) is 0 Å². The van der Waals surface area contributed by atoms with Crippen LogP contribution in [0.15, 0.2) is 22.1 Å². The molecule has 0 aliphatic carbocycles. The zero-order chi connectivity index (χ0) is 17.1. The van der Waals surface area contributed by atoms with E-state index >= 15 is 0 Å². The molecule has 0 unspecified atom stereocenters. The highest BCUT2D eigenvalue weighted by molar-refractivity contribution is 6.32. The predicted octanol–water partition coefficient (Wildman–Crippen LogP) is 0.931. The van der Waals surface area contributed by atoms with Crippen LogP contribution >= 0.6 is 0 Å². The number of halogens is 1. The Bertz CT molecular complexity index is 839. The number of carbonyl (C=O) groups excluding carboxylic acids is 1. The Balaban J connectivity index is 2.03. The molecule has 0 saturated heterocycles. The number of alkyl halides is 1. The van der Waals surface area contributed by atoms with Gasteiger partial charge in [0.25, 0.3) is 5.91 Å². The summed E-state index contributed by atoms with van der Waals surface area (Å²) in [6.45, 7) is 0.381. The predicted molar refractivity (Wildman–Crippen MR) is 92.2 cm³/mol. The fraction of sp³-hybridized carbons (Fsp3) is 0.375. The van der Waals surface area contributed by atoms with Gasteiger partial charge in [-0.05, 0) is 12.1 Å². The lowest BCUT2D eigenvalue weighted by molar-refractivity contribution is 0.0947. The summed E-state index contributed by atoms with van der Waals surface area (Å²) < 4.78 is 14.0. The summed E-state index contributed by atoms with van der Waals surface area (Å²) in [5.74, 6) is 0.411. The maximum Gasteiger partial charge on any atom is 0.253 e. The second-order valence-electron chi connectivity index (χ2n) is 5.46. The van der Waals surface area contributed by atoms with Gasteiger partial charge in [-0.2, -0.15) is 0 Å². The summed E-state index contributed by atoms with van der Waals surface area (Å²) in [6, 6.07) is 3.58. The van der Waals surface area contributed by atoms with Crippen LogP contribution in [0.2, 0.25) is 0 Å². The quantitative estimate of drug-likeness (QED) is 0.798. The summed E-state index contributed by atoms with van der Waals surface area (Å²) in [5, 5.41) is 3.67. The van der Waals surface area contributed by atoms with Gasteiger partial charge in [0.2, 0.25) is 0 Å². The van der Waals surface area contributed by atoms with Crippen molar-refractivity contribution in [3.05, 3.63) is 23.4 Å². The van der Waals surface area contributed by atoms with Crippen molar-refractivity contribution < 1.29 is 9.18 Å². The van der Waals surface area contributed by atoms with Crippen molar-refractivity contribution in [2.45, 2.75) is 6.42 Å². The average Bonchev–Trinajstić information content (AvgIpc) is 2.88. The van der Waals surface area contributed by atoms with E-state index in [1.807, 2.05) is 17.7 Å². The number of hydrogen-bond donors (Lipinski definition) is 2. The number of aromatic nitrogens is 2. The fourth-order valence-electron chi connectivity index (χ4n) is 2.82. The Morgan fingerprint density at radius 3 is 3.12 bits per heavy atom. The van der Waals surface area contributed by atoms with Crippen LogP contribution in [0.3, 0.4) is 0 Å². The summed E-state index contributed by atoms with van der Waals surface area (Å²) in [5.41, 5.74) is 8.53. The van der Waals surface area contributed by atoms with Gasteiger partial charge >= 0.3 is 0 Å². The molecule has 1 aliphatic rings. The van der Waals surface area contributed by atoms with E-state index < -0.39 is 6.67 Å². The standard InChI is InChI=1S/C16H19FN6O/c1-23-12-4-6-20-16(24)14(12)11-2-3-13(22-15(11)23)21-10(8-18)9-19-7-5-17/h2-3,9H,4-8,18H2,1H3,(H,20,24). The second kappa shape index (κ2) is 6.88. The first-order valence-electron chi connectivity index (χ1n) is 7.75. The summed E-state index contributed by atoms with van der Waals surface area (Å²) in [6.07, 6.45) is 2.24. The number of aryl methyl sites for hydroxylation is 1. The number of nitrogens with two attached hydrogens (primary N) is 1. The van der Waals surface area contributed by atoms with E-state index in [0.717, 1.165) is 17.5 Å². The Kier molecular flexibility index (Phi) is 4.66. The molecular formula is C16H19FN6O. The molecule has 0 radical (unpaired) electrons. The maximum atomic E-state index is 12.1. The lowest BCUT2D eigenvalue weighted by atomic mass is 10.1. The fourth-order valence-corrected chi connectivity index (χ4v) is 2.82. The van der Waals surface area contributed by atoms with Gasteiger partial charge < -0.3 is 15.6 Å². The molecule has 3 rings (SSSR count). The molecule has 0 aromatic carbocycles. The molecule has 0 atom stereocenters. The Labute approximate surface area is 138 Å². The minimum absolute atomic E-state index is 0.0686. The Morgan fingerprint density at radius 2 is 2.38 bits per heavy atom. The van der Waals surface area contributed by atoms with Crippen molar-refractivity contribution in [1.29, 1.82) is 0 Å². The van der Waals surface area contributed by atoms with Crippen LogP contribution in [0.4, 0.5) is 10.2 Å². The SMILES string of the molecule is Cn1c2c(c3ccc(N=C(C=NCCF)CN)nc31)C(=O)NCC2. The highest BCUT2D eigenvalue weighted by Gasteiger charge is 2.25. The molecule has 3 N–H and O–H groups in total. The molecule has 0 bridgehead atoms. The highest BCUT2D eigenvalue weighted by Crippen LogP contribution is 2.28. The van der Waals surface area contributed by atoms with E-state index in [2.05, 4.69) is 20.3 Å². The normalized spacial score (nSPS) is 15.1. The lowest BCUT2D eigenvalue weighted by Crippen LogP contribution is -2.32. The largest absolute Gasteiger partial charge is 0.352 e. The number of nitrogens with zero attached hydrogens (tertiary/aromatic N) is 4. The van der Waals surface area contributed by atoms with E-state index in [0.29, 0.717) is 29.3 Å². The van der Waals surface area contributed by atoms with Crippen molar-refractivity contribution in [2.24, 2.45) is 22.8 Å². The maximum absolute atomic E-state index is 12.1. The van der Waals surface area contributed by atoms with E-state index in [-0.39, 0.29) is 19.0 Å². The van der Waals surface area contributed by atoms with Gasteiger partial charge in [-0.3, -0.25) is 9.79 Å². The molecule has 2 aromatic heterocycles. The number of carbonyl (C=O) groups is 1. The molecule has 2 aromatic rings. The molecule has 8 heteroatoms. The zero-order valence-electron chi connectivity index (χ0n) is 13.4. The molecule has 3 heterocycles. The van der Waals surface area contributed by atoms with Crippen LogP contribution in [0.5, 0.6) is 0 Å². The highest BCUT2D eigenvalue weighted by atomic mass is 19.1. The molecule has 7 nitrogen and oxygen atoms in total. The number of nitrogens with one attached hydrogen (secondary N) is 1. The third kappa shape index (κ3) is 2.92. The van der Waals surface area contributed by atoms with Gasteiger partial charge in [0, 0.05) is 43.9 Å². The molecule has 0 fully saturated rings. The Morgan fingerprint density at radius 1 is 1.54 bits per heavy atom. The van der Waals surface area contributed by atoms with E-state index in [9.17, 15) is 9.18 Å². The van der Waals surface area contributed by atoms with E-state index in [1.54, 1.807) is 6.07 Å². The van der Waals surface area contributed by atoms with Gasteiger partial charge in [-0.1, -0.05) is 0 Å². The van der Waals surface area contributed by atoms with Crippen LogP contribution < -0.4 is 11.1 Å². The number of aliphatic imine (C=N–C) groups is 2. The van der Waals surface area contributed by atoms with Gasteiger partial charge in [-0.15, -0.1) is 0 Å². The topological polar surface area (TPSA) is 97.7 Å². The van der Waals surface area contributed by atoms with Crippen molar-refractivity contribution >= 4 is 34.7 Å². The van der Waals surface area contributed by atoms with Gasteiger partial charge in [0.15, 0.2) is 5.82 Å². The minimum Gasteiger partial charge on any atom is -0.352 e. The second-order valence-corrected chi connectivity index (χ2v) is 5.46. The summed E-state index contributed by atoms with van der Waals surface area (Å²) >= 11 is 0. The number of hydrogen-bond acceptors (Lipinski definition) is 5. The molecular weight excluding hydrogens is 311 g/mol. The summed E-state index contributed by atoms with van der Waals surface area (Å²) in [4.78, 5) is 24.9. The molecule has 24 heavy (non-hydrogen) atoms. The van der Waals surface area contributed by atoms with Gasteiger partial charge in [0.1, 0.15) is 12.3 Å². The average molecular weight is 330 g/mol. The van der Waals surface area contributed by atoms with Crippen LogP contribution in [-0.2, 0) is 13.5 Å². The number of fused-ring (bicyclic) bond motifs is 3. The van der Waals surface area contributed by atoms with Crippen molar-refractivity contribution in [3.63, 3.8) is 0 Å². The van der Waals surface area contributed by atoms with Crippen LogP contribution in [-0.4, -0.2) is 53.7 Å². The van der Waals surface area contributed by atoms with E-state index in [1.165, 1.54) is 6.21 Å². The number of pyridine rings is 1. The lowest BCUT2D eigenvalue weighted by Gasteiger charge is -2.13. The van der Waals surface area contributed by atoms with Crippen LogP contribution in [0.25, 0.3) is 11.0 Å². The minimum atomic E-state index is -0.518.